The van der Waals surface area contributed by atoms with Crippen LogP contribution in [-0.2, 0) is 9.53 Å². The molecule has 24 heavy (non-hydrogen) atoms. The third-order valence-corrected chi connectivity index (χ3v) is 5.09. The number of rotatable bonds is 10. The van der Waals surface area contributed by atoms with E-state index in [-0.39, 0.29) is 12.4 Å². The molecule has 1 N–H and O–H groups in total. The largest absolute Gasteiger partial charge is 0.466 e. The van der Waals surface area contributed by atoms with Crippen LogP contribution in [0.4, 0.5) is 0 Å². The van der Waals surface area contributed by atoms with E-state index in [2.05, 4.69) is 26.8 Å². The minimum atomic E-state index is -1.00. The van der Waals surface area contributed by atoms with Crippen molar-refractivity contribution in [1.82, 2.24) is 0 Å². The van der Waals surface area contributed by atoms with Crippen molar-refractivity contribution in [1.29, 1.82) is 0 Å². The van der Waals surface area contributed by atoms with Gasteiger partial charge in [-0.25, -0.2) is 0 Å². The standard InChI is InChI=1S/C21H36O3/c1-5-17(4)10-8-11-18(6-2)14-19-12-9-13-21(23,15-19)16-20(22)24-7-3/h10,15,18,23H,5-9,11-14,16H2,1-4H3. The molecular formula is C21H36O3. The number of carbonyl (C=O) groups is 1. The van der Waals surface area contributed by atoms with Crippen LogP contribution in [0.15, 0.2) is 23.3 Å². The third-order valence-electron chi connectivity index (χ3n) is 5.09. The van der Waals surface area contributed by atoms with E-state index in [9.17, 15) is 9.90 Å². The zero-order valence-electron chi connectivity index (χ0n) is 16.1. The first-order chi connectivity index (χ1) is 11.4. The average Bonchev–Trinajstić information content (AvgIpc) is 2.53. The van der Waals surface area contributed by atoms with Gasteiger partial charge in [-0.2, -0.15) is 0 Å². The smallest absolute Gasteiger partial charge is 0.309 e. The molecule has 138 valence electrons. The highest BCUT2D eigenvalue weighted by atomic mass is 16.5. The molecule has 0 heterocycles. The van der Waals surface area contributed by atoms with Crippen molar-refractivity contribution in [3.8, 4) is 0 Å². The minimum Gasteiger partial charge on any atom is -0.466 e. The Morgan fingerprint density at radius 1 is 1.42 bits per heavy atom. The lowest BCUT2D eigenvalue weighted by Gasteiger charge is -2.30. The normalized spacial score (nSPS) is 22.9. The first-order valence-electron chi connectivity index (χ1n) is 9.66. The summed E-state index contributed by atoms with van der Waals surface area (Å²) >= 11 is 0. The number of hydrogen-bond donors (Lipinski definition) is 1. The Morgan fingerprint density at radius 2 is 2.17 bits per heavy atom. The van der Waals surface area contributed by atoms with Crippen molar-refractivity contribution in [3.05, 3.63) is 23.3 Å². The molecule has 0 saturated heterocycles. The number of hydrogen-bond acceptors (Lipinski definition) is 3. The van der Waals surface area contributed by atoms with Crippen molar-refractivity contribution in [2.45, 2.75) is 91.1 Å². The summed E-state index contributed by atoms with van der Waals surface area (Å²) in [4.78, 5) is 11.7. The summed E-state index contributed by atoms with van der Waals surface area (Å²) in [6.45, 7) is 8.80. The fraction of sp³-hybridized carbons (Fsp3) is 0.762. The van der Waals surface area contributed by atoms with Crippen molar-refractivity contribution in [2.75, 3.05) is 6.61 Å². The highest BCUT2D eigenvalue weighted by Gasteiger charge is 2.31. The molecule has 0 aromatic heterocycles. The molecular weight excluding hydrogens is 300 g/mol. The van der Waals surface area contributed by atoms with Gasteiger partial charge in [-0.3, -0.25) is 4.79 Å². The van der Waals surface area contributed by atoms with E-state index in [4.69, 9.17) is 4.74 Å². The lowest BCUT2D eigenvalue weighted by Crippen LogP contribution is -2.33. The van der Waals surface area contributed by atoms with Crippen LogP contribution < -0.4 is 0 Å². The van der Waals surface area contributed by atoms with E-state index < -0.39 is 5.60 Å². The lowest BCUT2D eigenvalue weighted by molar-refractivity contribution is -0.147. The first kappa shape index (κ1) is 21.0. The highest BCUT2D eigenvalue weighted by Crippen LogP contribution is 2.34. The van der Waals surface area contributed by atoms with Gasteiger partial charge in [0.15, 0.2) is 0 Å². The second kappa shape index (κ2) is 10.7. The van der Waals surface area contributed by atoms with Gasteiger partial charge >= 0.3 is 5.97 Å². The second-order valence-corrected chi connectivity index (χ2v) is 7.20. The molecule has 1 rings (SSSR count). The van der Waals surface area contributed by atoms with Gasteiger partial charge in [-0.05, 0) is 64.7 Å². The van der Waals surface area contributed by atoms with E-state index in [1.807, 2.05) is 6.08 Å². The van der Waals surface area contributed by atoms with Gasteiger partial charge in [-0.1, -0.05) is 43.6 Å². The molecule has 0 saturated carbocycles. The summed E-state index contributed by atoms with van der Waals surface area (Å²) in [5.41, 5.74) is 1.78. The summed E-state index contributed by atoms with van der Waals surface area (Å²) in [5.74, 6) is 0.354. The molecule has 3 heteroatoms. The van der Waals surface area contributed by atoms with Gasteiger partial charge in [0, 0.05) is 0 Å². The van der Waals surface area contributed by atoms with Gasteiger partial charge in [0.05, 0.1) is 18.6 Å². The van der Waals surface area contributed by atoms with Crippen LogP contribution in [0.1, 0.15) is 85.5 Å². The number of aliphatic hydroxyl groups is 1. The maximum absolute atomic E-state index is 11.7. The monoisotopic (exact) mass is 336 g/mol. The predicted octanol–water partition coefficient (Wildman–Crippen LogP) is 5.33. The van der Waals surface area contributed by atoms with E-state index in [1.54, 1.807) is 6.92 Å². The molecule has 0 aromatic carbocycles. The Labute approximate surface area is 148 Å². The van der Waals surface area contributed by atoms with Gasteiger partial charge in [0.2, 0.25) is 0 Å². The van der Waals surface area contributed by atoms with Crippen LogP contribution in [0.5, 0.6) is 0 Å². The molecule has 0 radical (unpaired) electrons. The van der Waals surface area contributed by atoms with Crippen molar-refractivity contribution in [2.24, 2.45) is 5.92 Å². The van der Waals surface area contributed by atoms with E-state index in [0.29, 0.717) is 18.9 Å². The third kappa shape index (κ3) is 7.65. The molecule has 0 fully saturated rings. The summed E-state index contributed by atoms with van der Waals surface area (Å²) in [7, 11) is 0. The Kier molecular flexibility index (Phi) is 9.35. The Bertz CT molecular complexity index is 450. The van der Waals surface area contributed by atoms with E-state index >= 15 is 0 Å². The van der Waals surface area contributed by atoms with E-state index in [1.165, 1.54) is 17.6 Å². The van der Waals surface area contributed by atoms with Crippen LogP contribution in [0.3, 0.4) is 0 Å². The van der Waals surface area contributed by atoms with Crippen molar-refractivity contribution in [3.63, 3.8) is 0 Å². The highest BCUT2D eigenvalue weighted by molar-refractivity contribution is 5.71. The predicted molar refractivity (Wildman–Crippen MR) is 99.8 cm³/mol. The Hall–Kier alpha value is -1.09. The molecule has 1 aliphatic carbocycles. The van der Waals surface area contributed by atoms with Gasteiger partial charge in [-0.15, -0.1) is 0 Å². The van der Waals surface area contributed by atoms with Gasteiger partial charge < -0.3 is 9.84 Å². The van der Waals surface area contributed by atoms with Crippen molar-refractivity contribution < 1.29 is 14.6 Å². The minimum absolute atomic E-state index is 0.0829. The Morgan fingerprint density at radius 3 is 2.79 bits per heavy atom. The number of ether oxygens (including phenoxy) is 1. The van der Waals surface area contributed by atoms with Crippen LogP contribution in [0, 0.1) is 5.92 Å². The fourth-order valence-corrected chi connectivity index (χ4v) is 3.44. The Balaban J connectivity index is 2.61. The molecule has 0 amide bonds. The molecule has 0 spiro atoms. The van der Waals surface area contributed by atoms with Gasteiger partial charge in [0.1, 0.15) is 0 Å². The molecule has 3 nitrogen and oxygen atoms in total. The summed E-state index contributed by atoms with van der Waals surface area (Å²) in [6.07, 6.45) is 12.7. The molecule has 1 aliphatic rings. The zero-order valence-corrected chi connectivity index (χ0v) is 16.1. The first-order valence-corrected chi connectivity index (χ1v) is 9.66. The summed E-state index contributed by atoms with van der Waals surface area (Å²) < 4.78 is 5.00. The SMILES string of the molecule is CCOC(=O)CC1(O)C=C(CC(CC)CCC=C(C)CC)CCC1. The number of allylic oxidation sites excluding steroid dienone is 3. The second-order valence-electron chi connectivity index (χ2n) is 7.20. The van der Waals surface area contributed by atoms with Crippen molar-refractivity contribution >= 4 is 5.97 Å². The summed E-state index contributed by atoms with van der Waals surface area (Å²) in [5, 5.41) is 10.7. The lowest BCUT2D eigenvalue weighted by atomic mass is 9.80. The van der Waals surface area contributed by atoms with Crippen LogP contribution in [0.25, 0.3) is 0 Å². The van der Waals surface area contributed by atoms with Crippen LogP contribution in [-0.4, -0.2) is 23.3 Å². The summed E-state index contributed by atoms with van der Waals surface area (Å²) in [6, 6.07) is 0. The van der Waals surface area contributed by atoms with Crippen LogP contribution in [0.2, 0.25) is 0 Å². The maximum Gasteiger partial charge on any atom is 0.309 e. The molecule has 0 aliphatic heterocycles. The van der Waals surface area contributed by atoms with E-state index in [0.717, 1.165) is 38.5 Å². The molecule has 0 aromatic rings. The number of esters is 1. The molecule has 2 atom stereocenters. The quantitative estimate of drug-likeness (QED) is 0.433. The van der Waals surface area contributed by atoms with Crippen LogP contribution >= 0.6 is 0 Å². The topological polar surface area (TPSA) is 46.5 Å². The fourth-order valence-electron chi connectivity index (χ4n) is 3.44. The average molecular weight is 337 g/mol. The number of carbonyl (C=O) groups excluding carboxylic acids is 1. The van der Waals surface area contributed by atoms with Gasteiger partial charge in [0.25, 0.3) is 0 Å². The maximum atomic E-state index is 11.7. The zero-order chi connectivity index (χ0) is 18.0. The molecule has 0 bridgehead atoms. The molecule has 2 unspecified atom stereocenters.